The number of nitrogens with one attached hydrogen (secondary N) is 1. The van der Waals surface area contributed by atoms with E-state index < -0.39 is 0 Å². The Morgan fingerprint density at radius 1 is 1.41 bits per heavy atom. The van der Waals surface area contributed by atoms with Crippen molar-refractivity contribution in [2.24, 2.45) is 0 Å². The van der Waals surface area contributed by atoms with Crippen LogP contribution in [0.4, 0.5) is 11.4 Å². The van der Waals surface area contributed by atoms with Gasteiger partial charge in [0, 0.05) is 31.6 Å². The Morgan fingerprint density at radius 3 is 2.86 bits per heavy atom. The number of nitrogens with zero attached hydrogens (tertiary/aromatic N) is 4. The van der Waals surface area contributed by atoms with Gasteiger partial charge in [-0.25, -0.2) is 9.67 Å². The molecule has 0 spiro atoms. The predicted octanol–water partition coefficient (Wildman–Crippen LogP) is 1.14. The van der Waals surface area contributed by atoms with E-state index in [1.807, 2.05) is 24.3 Å². The summed E-state index contributed by atoms with van der Waals surface area (Å²) >= 11 is 0. The maximum absolute atomic E-state index is 11.9. The van der Waals surface area contributed by atoms with Gasteiger partial charge < -0.3 is 15.0 Å². The molecule has 1 fully saturated rings. The maximum Gasteiger partial charge on any atom is 0.246 e. The zero-order valence-corrected chi connectivity index (χ0v) is 12.5. The highest BCUT2D eigenvalue weighted by molar-refractivity contribution is 5.90. The Labute approximate surface area is 128 Å². The van der Waals surface area contributed by atoms with Crippen LogP contribution in [0.2, 0.25) is 0 Å². The third kappa shape index (κ3) is 3.43. The molecule has 0 radical (unpaired) electrons. The Balaban J connectivity index is 1.56. The van der Waals surface area contributed by atoms with Crippen LogP contribution in [0.3, 0.4) is 0 Å². The molecule has 1 saturated heterocycles. The first-order chi connectivity index (χ1) is 10.7. The van der Waals surface area contributed by atoms with Crippen LogP contribution < -0.4 is 10.2 Å². The van der Waals surface area contributed by atoms with Gasteiger partial charge in [-0.1, -0.05) is 0 Å². The maximum atomic E-state index is 11.9. The lowest BCUT2D eigenvalue weighted by Gasteiger charge is -2.18. The minimum Gasteiger partial charge on any atom is -0.380 e. The summed E-state index contributed by atoms with van der Waals surface area (Å²) in [7, 11) is 1.75. The minimum atomic E-state index is -0.126. The predicted molar refractivity (Wildman–Crippen MR) is 82.7 cm³/mol. The van der Waals surface area contributed by atoms with Crippen molar-refractivity contribution in [1.29, 1.82) is 0 Å². The summed E-state index contributed by atoms with van der Waals surface area (Å²) in [4.78, 5) is 18.0. The van der Waals surface area contributed by atoms with Crippen LogP contribution in [0.1, 0.15) is 6.42 Å². The molecule has 116 valence electrons. The first kappa shape index (κ1) is 14.5. The molecule has 1 aromatic carbocycles. The van der Waals surface area contributed by atoms with Crippen molar-refractivity contribution in [3.63, 3.8) is 0 Å². The van der Waals surface area contributed by atoms with E-state index >= 15 is 0 Å². The van der Waals surface area contributed by atoms with E-state index in [2.05, 4.69) is 20.3 Å². The molecule has 2 aromatic rings. The number of anilines is 2. The van der Waals surface area contributed by atoms with Crippen LogP contribution in [-0.2, 0) is 16.1 Å². The van der Waals surface area contributed by atoms with Crippen molar-refractivity contribution in [3.8, 4) is 0 Å². The smallest absolute Gasteiger partial charge is 0.246 e. The molecular weight excluding hydrogens is 282 g/mol. The lowest BCUT2D eigenvalue weighted by molar-refractivity contribution is -0.116. The molecule has 1 amide bonds. The SMILES string of the molecule is CO[C@@H]1CCN(c2ccc(NC(=O)Cn3cncn3)cc2)C1. The molecule has 1 N–H and O–H groups in total. The second-order valence-corrected chi connectivity index (χ2v) is 5.28. The molecule has 1 aliphatic heterocycles. The van der Waals surface area contributed by atoms with Gasteiger partial charge in [-0.2, -0.15) is 5.10 Å². The second kappa shape index (κ2) is 6.57. The summed E-state index contributed by atoms with van der Waals surface area (Å²) in [6, 6.07) is 7.86. The Kier molecular flexibility index (Phi) is 4.34. The normalized spacial score (nSPS) is 17.7. The zero-order chi connectivity index (χ0) is 15.4. The van der Waals surface area contributed by atoms with E-state index in [-0.39, 0.29) is 12.5 Å². The van der Waals surface area contributed by atoms with Crippen LogP contribution in [0, 0.1) is 0 Å². The van der Waals surface area contributed by atoms with Gasteiger partial charge in [0.1, 0.15) is 19.2 Å². The molecule has 0 saturated carbocycles. The third-order valence-electron chi connectivity index (χ3n) is 3.77. The van der Waals surface area contributed by atoms with Gasteiger partial charge in [0.05, 0.1) is 6.10 Å². The quantitative estimate of drug-likeness (QED) is 0.896. The number of methoxy groups -OCH3 is 1. The van der Waals surface area contributed by atoms with Gasteiger partial charge in [-0.05, 0) is 30.7 Å². The number of ether oxygens (including phenoxy) is 1. The van der Waals surface area contributed by atoms with Crippen LogP contribution in [0.25, 0.3) is 0 Å². The number of carbonyl (C=O) groups is 1. The average molecular weight is 301 g/mol. The Morgan fingerprint density at radius 2 is 2.23 bits per heavy atom. The molecule has 3 rings (SSSR count). The molecule has 1 atom stereocenters. The molecular formula is C15H19N5O2. The van der Waals surface area contributed by atoms with Crippen molar-refractivity contribution in [2.45, 2.75) is 19.1 Å². The third-order valence-corrected chi connectivity index (χ3v) is 3.77. The van der Waals surface area contributed by atoms with Gasteiger partial charge in [0.25, 0.3) is 0 Å². The van der Waals surface area contributed by atoms with Crippen molar-refractivity contribution >= 4 is 17.3 Å². The molecule has 22 heavy (non-hydrogen) atoms. The standard InChI is InChI=1S/C15H19N5O2/c1-22-14-6-7-19(8-14)13-4-2-12(3-5-13)18-15(21)9-20-11-16-10-17-20/h2-5,10-11,14H,6-9H2,1H3,(H,18,21)/t14-/m1/s1. The van der Waals surface area contributed by atoms with E-state index in [4.69, 9.17) is 4.74 Å². The summed E-state index contributed by atoms with van der Waals surface area (Å²) in [6.07, 6.45) is 4.28. The van der Waals surface area contributed by atoms with Gasteiger partial charge in [-0.3, -0.25) is 4.79 Å². The molecule has 0 unspecified atom stereocenters. The van der Waals surface area contributed by atoms with Crippen LogP contribution >= 0.6 is 0 Å². The fourth-order valence-electron chi connectivity index (χ4n) is 2.57. The van der Waals surface area contributed by atoms with Crippen molar-refractivity contribution in [2.75, 3.05) is 30.4 Å². The Hall–Kier alpha value is -2.41. The molecule has 1 aliphatic rings. The highest BCUT2D eigenvalue weighted by Crippen LogP contribution is 2.23. The van der Waals surface area contributed by atoms with Crippen LogP contribution in [0.5, 0.6) is 0 Å². The van der Waals surface area contributed by atoms with E-state index in [1.165, 1.54) is 17.3 Å². The van der Waals surface area contributed by atoms with Crippen molar-refractivity contribution in [1.82, 2.24) is 14.8 Å². The lowest BCUT2D eigenvalue weighted by Crippen LogP contribution is -2.22. The van der Waals surface area contributed by atoms with Crippen LogP contribution in [0.15, 0.2) is 36.9 Å². The number of amides is 1. The first-order valence-corrected chi connectivity index (χ1v) is 7.24. The molecule has 0 aliphatic carbocycles. The van der Waals surface area contributed by atoms with E-state index in [9.17, 15) is 4.79 Å². The Bertz CT molecular complexity index is 611. The molecule has 7 nitrogen and oxygen atoms in total. The second-order valence-electron chi connectivity index (χ2n) is 5.28. The van der Waals surface area contributed by atoms with E-state index in [0.29, 0.717) is 6.10 Å². The van der Waals surface area contributed by atoms with Gasteiger partial charge in [0.2, 0.25) is 5.91 Å². The first-order valence-electron chi connectivity index (χ1n) is 7.24. The minimum absolute atomic E-state index is 0.126. The highest BCUT2D eigenvalue weighted by Gasteiger charge is 2.22. The summed E-state index contributed by atoms with van der Waals surface area (Å²) in [5.74, 6) is -0.126. The summed E-state index contributed by atoms with van der Waals surface area (Å²) in [5, 5.41) is 6.75. The molecule has 1 aromatic heterocycles. The van der Waals surface area contributed by atoms with Gasteiger partial charge in [0.15, 0.2) is 0 Å². The van der Waals surface area contributed by atoms with Crippen molar-refractivity contribution < 1.29 is 9.53 Å². The number of hydrogen-bond acceptors (Lipinski definition) is 5. The van der Waals surface area contributed by atoms with E-state index in [1.54, 1.807) is 7.11 Å². The summed E-state index contributed by atoms with van der Waals surface area (Å²) < 4.78 is 6.86. The largest absolute Gasteiger partial charge is 0.380 e. The summed E-state index contributed by atoms with van der Waals surface area (Å²) in [6.45, 7) is 2.06. The lowest BCUT2D eigenvalue weighted by atomic mass is 10.2. The van der Waals surface area contributed by atoms with E-state index in [0.717, 1.165) is 30.9 Å². The number of rotatable bonds is 5. The summed E-state index contributed by atoms with van der Waals surface area (Å²) in [5.41, 5.74) is 1.92. The zero-order valence-electron chi connectivity index (χ0n) is 12.5. The fourth-order valence-corrected chi connectivity index (χ4v) is 2.57. The molecule has 2 heterocycles. The molecule has 7 heteroatoms. The van der Waals surface area contributed by atoms with Crippen LogP contribution in [-0.4, -0.2) is 47.0 Å². The monoisotopic (exact) mass is 301 g/mol. The number of aromatic nitrogens is 3. The topological polar surface area (TPSA) is 72.3 Å². The fraction of sp³-hybridized carbons (Fsp3) is 0.400. The highest BCUT2D eigenvalue weighted by atomic mass is 16.5. The number of carbonyl (C=O) groups excluding carboxylic acids is 1. The van der Waals surface area contributed by atoms with Gasteiger partial charge >= 0.3 is 0 Å². The average Bonchev–Trinajstić information content (AvgIpc) is 3.19. The van der Waals surface area contributed by atoms with Gasteiger partial charge in [-0.15, -0.1) is 0 Å². The molecule has 0 bridgehead atoms. The van der Waals surface area contributed by atoms with Crippen molar-refractivity contribution in [3.05, 3.63) is 36.9 Å². The number of hydrogen-bond donors (Lipinski definition) is 1. The number of benzene rings is 1.